The van der Waals surface area contributed by atoms with Gasteiger partial charge in [-0.15, -0.1) is 0 Å². The third-order valence-corrected chi connectivity index (χ3v) is 2.01. The van der Waals surface area contributed by atoms with Crippen LogP contribution in [0.15, 0.2) is 24.3 Å². The van der Waals surface area contributed by atoms with Gasteiger partial charge in [-0.3, -0.25) is 5.41 Å². The van der Waals surface area contributed by atoms with E-state index in [1.807, 2.05) is 0 Å². The molecule has 5 nitrogen and oxygen atoms in total. The lowest BCUT2D eigenvalue weighted by Crippen LogP contribution is -2.30. The third kappa shape index (κ3) is 5.50. The number of anilines is 1. The van der Waals surface area contributed by atoms with Crippen molar-refractivity contribution in [1.29, 1.82) is 5.41 Å². The van der Waals surface area contributed by atoms with Crippen LogP contribution in [0.1, 0.15) is 12.8 Å². The number of hydrogen-bond acceptors (Lipinski definition) is 2. The van der Waals surface area contributed by atoms with E-state index in [2.05, 4.69) is 10.6 Å². The van der Waals surface area contributed by atoms with Gasteiger partial charge in [-0.1, -0.05) is 0 Å². The molecule has 0 bridgehead atoms. The van der Waals surface area contributed by atoms with Crippen LogP contribution in [0.2, 0.25) is 0 Å². The molecule has 0 fully saturated rings. The summed E-state index contributed by atoms with van der Waals surface area (Å²) in [6, 6.07) is 5.13. The van der Waals surface area contributed by atoms with E-state index in [0.717, 1.165) is 0 Å². The van der Waals surface area contributed by atoms with Gasteiger partial charge in [0.25, 0.3) is 0 Å². The summed E-state index contributed by atoms with van der Waals surface area (Å²) in [4.78, 5) is 11.3. The first kappa shape index (κ1) is 13.0. The summed E-state index contributed by atoms with van der Waals surface area (Å²) < 4.78 is 12.6. The van der Waals surface area contributed by atoms with Gasteiger partial charge in [-0.05, 0) is 30.7 Å². The molecule has 5 N–H and O–H groups in total. The summed E-state index contributed by atoms with van der Waals surface area (Å²) in [6.45, 7) is 0.437. The fraction of sp³-hybridized carbons (Fsp3) is 0.273. The van der Waals surface area contributed by atoms with E-state index < -0.39 is 0 Å². The number of halogens is 1. The van der Waals surface area contributed by atoms with Gasteiger partial charge in [0, 0.05) is 18.7 Å². The molecule has 0 aromatic heterocycles. The summed E-state index contributed by atoms with van der Waals surface area (Å²) in [7, 11) is 0. The Morgan fingerprint density at radius 1 is 1.35 bits per heavy atom. The molecule has 0 atom stereocenters. The van der Waals surface area contributed by atoms with E-state index in [4.69, 9.17) is 11.1 Å². The average molecular weight is 238 g/mol. The smallest absolute Gasteiger partial charge is 0.319 e. The number of rotatable bonds is 5. The zero-order valence-corrected chi connectivity index (χ0v) is 9.29. The minimum atomic E-state index is -0.361. The van der Waals surface area contributed by atoms with Gasteiger partial charge in [0.05, 0.1) is 5.84 Å². The normalized spacial score (nSPS) is 9.71. The highest BCUT2D eigenvalue weighted by molar-refractivity contribution is 5.89. The summed E-state index contributed by atoms with van der Waals surface area (Å²) >= 11 is 0. The van der Waals surface area contributed by atoms with Crippen LogP contribution in [0.25, 0.3) is 0 Å². The third-order valence-electron chi connectivity index (χ3n) is 2.01. The maximum absolute atomic E-state index is 12.6. The topological polar surface area (TPSA) is 91.0 Å². The van der Waals surface area contributed by atoms with Crippen LogP contribution >= 0.6 is 0 Å². The van der Waals surface area contributed by atoms with Crippen LogP contribution < -0.4 is 16.4 Å². The van der Waals surface area contributed by atoms with Gasteiger partial charge in [-0.2, -0.15) is 0 Å². The van der Waals surface area contributed by atoms with Gasteiger partial charge in [-0.25, -0.2) is 9.18 Å². The van der Waals surface area contributed by atoms with Crippen molar-refractivity contribution in [3.05, 3.63) is 30.1 Å². The summed E-state index contributed by atoms with van der Waals surface area (Å²) in [6.07, 6.45) is 1.07. The van der Waals surface area contributed by atoms with Crippen LogP contribution in [-0.4, -0.2) is 18.4 Å². The number of carbonyl (C=O) groups excluding carboxylic acids is 1. The molecular formula is C11H15FN4O. The van der Waals surface area contributed by atoms with Crippen molar-refractivity contribution in [2.75, 3.05) is 11.9 Å². The molecule has 0 saturated carbocycles. The second-order valence-corrected chi connectivity index (χ2v) is 3.52. The van der Waals surface area contributed by atoms with Crippen molar-refractivity contribution in [3.8, 4) is 0 Å². The fourth-order valence-electron chi connectivity index (χ4n) is 1.19. The van der Waals surface area contributed by atoms with Crippen LogP contribution in [0, 0.1) is 11.2 Å². The fourth-order valence-corrected chi connectivity index (χ4v) is 1.19. The summed E-state index contributed by atoms with van der Waals surface area (Å²) in [5.74, 6) is -0.247. The molecule has 0 aliphatic heterocycles. The minimum Gasteiger partial charge on any atom is -0.388 e. The van der Waals surface area contributed by atoms with Gasteiger partial charge in [0.15, 0.2) is 0 Å². The van der Waals surface area contributed by atoms with Crippen molar-refractivity contribution in [3.63, 3.8) is 0 Å². The molecule has 0 saturated heterocycles. The maximum Gasteiger partial charge on any atom is 0.319 e. The van der Waals surface area contributed by atoms with Gasteiger partial charge >= 0.3 is 6.03 Å². The summed E-state index contributed by atoms with van der Waals surface area (Å²) in [5.41, 5.74) is 5.69. The Labute approximate surface area is 98.7 Å². The zero-order chi connectivity index (χ0) is 12.7. The van der Waals surface area contributed by atoms with E-state index >= 15 is 0 Å². The average Bonchev–Trinajstić information content (AvgIpc) is 2.27. The Morgan fingerprint density at radius 3 is 2.59 bits per heavy atom. The second kappa shape index (κ2) is 6.47. The molecule has 0 unspecified atom stereocenters. The molecule has 2 amide bonds. The molecular weight excluding hydrogens is 223 g/mol. The number of carbonyl (C=O) groups is 1. The molecule has 1 aromatic rings. The van der Waals surface area contributed by atoms with E-state index in [9.17, 15) is 9.18 Å². The number of nitrogens with two attached hydrogens (primary N) is 1. The minimum absolute atomic E-state index is 0.103. The van der Waals surface area contributed by atoms with E-state index in [1.165, 1.54) is 24.3 Å². The first-order chi connectivity index (χ1) is 8.08. The lowest BCUT2D eigenvalue weighted by Gasteiger charge is -2.07. The van der Waals surface area contributed by atoms with Crippen molar-refractivity contribution in [2.24, 2.45) is 5.73 Å². The maximum atomic E-state index is 12.6. The first-order valence-corrected chi connectivity index (χ1v) is 5.21. The van der Waals surface area contributed by atoms with Crippen molar-refractivity contribution < 1.29 is 9.18 Å². The second-order valence-electron chi connectivity index (χ2n) is 3.52. The van der Waals surface area contributed by atoms with E-state index in [0.29, 0.717) is 25.1 Å². The molecule has 0 heterocycles. The molecule has 17 heavy (non-hydrogen) atoms. The number of hydrogen-bond donors (Lipinski definition) is 4. The van der Waals surface area contributed by atoms with Crippen molar-refractivity contribution in [1.82, 2.24) is 5.32 Å². The highest BCUT2D eigenvalue weighted by Gasteiger charge is 2.00. The number of amidine groups is 1. The SMILES string of the molecule is N=C(N)CCCNC(=O)Nc1ccc(F)cc1. The molecule has 0 spiro atoms. The Hall–Kier alpha value is -2.11. The van der Waals surface area contributed by atoms with Crippen LogP contribution in [0.5, 0.6) is 0 Å². The monoisotopic (exact) mass is 238 g/mol. The van der Waals surface area contributed by atoms with E-state index in [-0.39, 0.29) is 17.7 Å². The number of benzene rings is 1. The van der Waals surface area contributed by atoms with Crippen molar-refractivity contribution in [2.45, 2.75) is 12.8 Å². The van der Waals surface area contributed by atoms with Crippen LogP contribution in [0.4, 0.5) is 14.9 Å². The first-order valence-electron chi connectivity index (χ1n) is 5.21. The molecule has 0 aliphatic rings. The Bertz CT molecular complexity index is 391. The molecule has 0 aliphatic carbocycles. The van der Waals surface area contributed by atoms with Gasteiger partial charge in [0.1, 0.15) is 5.82 Å². The Morgan fingerprint density at radius 2 is 2.00 bits per heavy atom. The lowest BCUT2D eigenvalue weighted by atomic mass is 10.3. The molecule has 1 aromatic carbocycles. The quantitative estimate of drug-likeness (QED) is 0.357. The standard InChI is InChI=1S/C11H15FN4O/c12-8-3-5-9(6-4-8)16-11(17)15-7-1-2-10(13)14/h3-6H,1-2,7H2,(H3,13,14)(H2,15,16,17). The number of nitrogens with one attached hydrogen (secondary N) is 3. The van der Waals surface area contributed by atoms with Crippen LogP contribution in [0.3, 0.4) is 0 Å². The summed E-state index contributed by atoms with van der Waals surface area (Å²) in [5, 5.41) is 12.2. The van der Waals surface area contributed by atoms with Crippen LogP contribution in [-0.2, 0) is 0 Å². The lowest BCUT2D eigenvalue weighted by molar-refractivity contribution is 0.252. The Kier molecular flexibility index (Phi) is 4.93. The predicted octanol–water partition coefficient (Wildman–Crippen LogP) is 1.66. The predicted molar refractivity (Wildman–Crippen MR) is 64.6 cm³/mol. The number of amides is 2. The zero-order valence-electron chi connectivity index (χ0n) is 9.29. The van der Waals surface area contributed by atoms with Gasteiger partial charge < -0.3 is 16.4 Å². The van der Waals surface area contributed by atoms with E-state index in [1.54, 1.807) is 0 Å². The highest BCUT2D eigenvalue weighted by atomic mass is 19.1. The Balaban J connectivity index is 2.25. The molecule has 1 rings (SSSR count). The number of urea groups is 1. The molecule has 92 valence electrons. The van der Waals surface area contributed by atoms with Gasteiger partial charge in [0.2, 0.25) is 0 Å². The highest BCUT2D eigenvalue weighted by Crippen LogP contribution is 2.07. The van der Waals surface area contributed by atoms with Crippen molar-refractivity contribution >= 4 is 17.6 Å². The molecule has 6 heteroatoms. The molecule has 0 radical (unpaired) electrons. The largest absolute Gasteiger partial charge is 0.388 e.